The number of hydrogen-bond acceptors (Lipinski definition) is 4. The molecule has 114 valence electrons. The van der Waals surface area contributed by atoms with Crippen molar-refractivity contribution in [2.24, 2.45) is 0 Å². The quantitative estimate of drug-likeness (QED) is 0.786. The number of hydrogen-bond donors (Lipinski definition) is 1. The van der Waals surface area contributed by atoms with Gasteiger partial charge in [0.05, 0.1) is 5.69 Å². The van der Waals surface area contributed by atoms with E-state index in [1.807, 2.05) is 11.3 Å². The Kier molecular flexibility index (Phi) is 6.30. The normalized spacial score (nSPS) is 15.9. The largest absolute Gasteiger partial charge is 0.345 e. The first-order valence-electron chi connectivity index (χ1n) is 8.26. The van der Waals surface area contributed by atoms with Gasteiger partial charge in [0.1, 0.15) is 0 Å². The van der Waals surface area contributed by atoms with Gasteiger partial charge in [0.25, 0.3) is 0 Å². The maximum atomic E-state index is 4.97. The molecule has 1 aromatic rings. The predicted octanol–water partition coefficient (Wildman–Crippen LogP) is 3.97. The average molecular weight is 295 g/mol. The van der Waals surface area contributed by atoms with E-state index >= 15 is 0 Å². The van der Waals surface area contributed by atoms with Crippen LogP contribution in [0.2, 0.25) is 0 Å². The second-order valence-electron chi connectivity index (χ2n) is 5.62. The van der Waals surface area contributed by atoms with E-state index in [0.717, 1.165) is 32.1 Å². The van der Waals surface area contributed by atoms with Crippen LogP contribution in [0, 0.1) is 0 Å². The van der Waals surface area contributed by atoms with Gasteiger partial charge in [0, 0.05) is 24.0 Å². The topological polar surface area (TPSA) is 28.2 Å². The fourth-order valence-corrected chi connectivity index (χ4v) is 4.28. The number of aryl methyl sites for hydroxylation is 1. The van der Waals surface area contributed by atoms with E-state index in [1.54, 1.807) is 0 Å². The molecule has 0 saturated heterocycles. The third kappa shape index (κ3) is 3.73. The number of rotatable bonds is 8. The van der Waals surface area contributed by atoms with Crippen LogP contribution in [0.15, 0.2) is 0 Å². The van der Waals surface area contributed by atoms with Crippen LogP contribution in [0.5, 0.6) is 0 Å². The highest BCUT2D eigenvalue weighted by Gasteiger charge is 2.24. The minimum atomic E-state index is 0.729. The van der Waals surface area contributed by atoms with Crippen LogP contribution in [0.1, 0.15) is 63.4 Å². The Hall–Kier alpha value is -0.610. The molecule has 1 aromatic heterocycles. The highest BCUT2D eigenvalue weighted by atomic mass is 32.1. The molecule has 0 aliphatic heterocycles. The van der Waals surface area contributed by atoms with Crippen LogP contribution in [-0.2, 0) is 13.0 Å². The number of thiazole rings is 1. The van der Waals surface area contributed by atoms with Crippen LogP contribution in [0.25, 0.3) is 0 Å². The third-order valence-electron chi connectivity index (χ3n) is 4.14. The lowest BCUT2D eigenvalue weighted by Crippen LogP contribution is -2.32. The fraction of sp³-hybridized carbons (Fsp3) is 0.812. The molecule has 0 aromatic carbocycles. The van der Waals surface area contributed by atoms with Crippen LogP contribution in [0.3, 0.4) is 0 Å². The monoisotopic (exact) mass is 295 g/mol. The maximum absolute atomic E-state index is 4.97. The summed E-state index contributed by atoms with van der Waals surface area (Å²) in [4.78, 5) is 8.97. The summed E-state index contributed by atoms with van der Waals surface area (Å²) in [7, 11) is 0. The van der Waals surface area contributed by atoms with E-state index in [1.165, 1.54) is 47.8 Å². The first kappa shape index (κ1) is 15.8. The van der Waals surface area contributed by atoms with Crippen molar-refractivity contribution in [1.82, 2.24) is 10.3 Å². The van der Waals surface area contributed by atoms with E-state index < -0.39 is 0 Å². The van der Waals surface area contributed by atoms with Gasteiger partial charge in [-0.15, -0.1) is 11.3 Å². The Morgan fingerprint density at radius 1 is 1.25 bits per heavy atom. The van der Waals surface area contributed by atoms with Gasteiger partial charge in [-0.25, -0.2) is 4.98 Å². The van der Waals surface area contributed by atoms with Crippen molar-refractivity contribution in [3.63, 3.8) is 0 Å². The second kappa shape index (κ2) is 7.99. The average Bonchev–Trinajstić information content (AvgIpc) is 3.09. The molecule has 1 fully saturated rings. The van der Waals surface area contributed by atoms with E-state index in [2.05, 4.69) is 31.0 Å². The summed E-state index contributed by atoms with van der Waals surface area (Å²) in [6.07, 6.45) is 7.76. The lowest BCUT2D eigenvalue weighted by molar-refractivity contribution is 0.617. The highest BCUT2D eigenvalue weighted by Crippen LogP contribution is 2.33. The van der Waals surface area contributed by atoms with E-state index in [9.17, 15) is 0 Å². The summed E-state index contributed by atoms with van der Waals surface area (Å²) in [6, 6.07) is 0.729. The Morgan fingerprint density at radius 2 is 2.00 bits per heavy atom. The van der Waals surface area contributed by atoms with E-state index in [0.29, 0.717) is 0 Å². The number of anilines is 1. The molecular formula is C16H29N3S. The third-order valence-corrected chi connectivity index (χ3v) is 5.28. The number of aromatic nitrogens is 1. The van der Waals surface area contributed by atoms with Gasteiger partial charge >= 0.3 is 0 Å². The molecule has 1 saturated carbocycles. The van der Waals surface area contributed by atoms with E-state index in [4.69, 9.17) is 4.98 Å². The van der Waals surface area contributed by atoms with Crippen molar-refractivity contribution in [2.45, 2.75) is 71.9 Å². The van der Waals surface area contributed by atoms with Crippen molar-refractivity contribution < 1.29 is 0 Å². The molecule has 3 nitrogen and oxygen atoms in total. The Morgan fingerprint density at radius 3 is 2.60 bits per heavy atom. The molecule has 1 heterocycles. The molecule has 0 amide bonds. The minimum absolute atomic E-state index is 0.729. The smallest absolute Gasteiger partial charge is 0.186 e. The fourth-order valence-electron chi connectivity index (χ4n) is 3.07. The standard InChI is InChI=1S/C16H29N3S/c1-4-9-14-15(12-17-5-2)20-16(18-14)19(6-3)13-10-7-8-11-13/h13,17H,4-12H2,1-3H3. The van der Waals surface area contributed by atoms with Crippen LogP contribution >= 0.6 is 11.3 Å². The predicted molar refractivity (Wildman–Crippen MR) is 88.8 cm³/mol. The van der Waals surface area contributed by atoms with Crippen molar-refractivity contribution in [3.05, 3.63) is 10.6 Å². The molecule has 1 N–H and O–H groups in total. The van der Waals surface area contributed by atoms with E-state index in [-0.39, 0.29) is 0 Å². The molecule has 20 heavy (non-hydrogen) atoms. The summed E-state index contributed by atoms with van der Waals surface area (Å²) in [5.41, 5.74) is 1.32. The van der Waals surface area contributed by atoms with Gasteiger partial charge < -0.3 is 10.2 Å². The minimum Gasteiger partial charge on any atom is -0.345 e. The molecule has 1 aliphatic rings. The molecule has 2 rings (SSSR count). The maximum Gasteiger partial charge on any atom is 0.186 e. The Balaban J connectivity index is 2.16. The lowest BCUT2D eigenvalue weighted by Gasteiger charge is -2.26. The summed E-state index contributed by atoms with van der Waals surface area (Å²) >= 11 is 1.91. The van der Waals surface area contributed by atoms with Gasteiger partial charge in [-0.2, -0.15) is 0 Å². The zero-order valence-electron chi connectivity index (χ0n) is 13.2. The molecule has 1 aliphatic carbocycles. The van der Waals surface area contributed by atoms with Gasteiger partial charge in [-0.05, 0) is 32.7 Å². The molecule has 0 radical (unpaired) electrons. The molecule has 0 spiro atoms. The van der Waals surface area contributed by atoms with Crippen molar-refractivity contribution in [3.8, 4) is 0 Å². The Bertz CT molecular complexity index is 396. The van der Waals surface area contributed by atoms with Gasteiger partial charge in [-0.1, -0.05) is 33.1 Å². The number of nitrogens with zero attached hydrogens (tertiary/aromatic N) is 2. The van der Waals surface area contributed by atoms with Crippen LogP contribution < -0.4 is 10.2 Å². The van der Waals surface area contributed by atoms with Crippen molar-refractivity contribution >= 4 is 16.5 Å². The van der Waals surface area contributed by atoms with Gasteiger partial charge in [0.2, 0.25) is 0 Å². The SMILES string of the molecule is CCCc1nc(N(CC)C2CCCC2)sc1CNCC. The molecular weight excluding hydrogens is 266 g/mol. The molecule has 0 atom stereocenters. The first-order chi connectivity index (χ1) is 9.80. The summed E-state index contributed by atoms with van der Waals surface area (Å²) < 4.78 is 0. The number of nitrogens with one attached hydrogen (secondary N) is 1. The summed E-state index contributed by atoms with van der Waals surface area (Å²) in [6.45, 7) is 9.77. The van der Waals surface area contributed by atoms with Crippen molar-refractivity contribution in [2.75, 3.05) is 18.0 Å². The van der Waals surface area contributed by atoms with Gasteiger partial charge in [-0.3, -0.25) is 0 Å². The van der Waals surface area contributed by atoms with Crippen LogP contribution in [-0.4, -0.2) is 24.1 Å². The summed E-state index contributed by atoms with van der Waals surface area (Å²) in [5.74, 6) is 0. The molecule has 4 heteroatoms. The van der Waals surface area contributed by atoms with Crippen molar-refractivity contribution in [1.29, 1.82) is 0 Å². The Labute approximate surface area is 127 Å². The highest BCUT2D eigenvalue weighted by molar-refractivity contribution is 7.15. The van der Waals surface area contributed by atoms with Crippen LogP contribution in [0.4, 0.5) is 5.13 Å². The molecule has 0 unspecified atom stereocenters. The molecule has 0 bridgehead atoms. The zero-order chi connectivity index (χ0) is 14.4. The second-order valence-corrected chi connectivity index (χ2v) is 6.68. The van der Waals surface area contributed by atoms with Gasteiger partial charge in [0.15, 0.2) is 5.13 Å². The summed E-state index contributed by atoms with van der Waals surface area (Å²) in [5, 5.41) is 4.72. The zero-order valence-corrected chi connectivity index (χ0v) is 14.1. The first-order valence-corrected chi connectivity index (χ1v) is 9.07. The lowest BCUT2D eigenvalue weighted by atomic mass is 10.2.